The van der Waals surface area contributed by atoms with Crippen LogP contribution in [0.25, 0.3) is 0 Å². The summed E-state index contributed by atoms with van der Waals surface area (Å²) in [6.45, 7) is 1.73. The van der Waals surface area contributed by atoms with Crippen LogP contribution in [0.2, 0.25) is 0 Å². The second-order valence-electron chi connectivity index (χ2n) is 3.75. The third-order valence-electron chi connectivity index (χ3n) is 2.43. The second kappa shape index (κ2) is 5.25. The van der Waals surface area contributed by atoms with Crippen molar-refractivity contribution < 1.29 is 14.7 Å². The van der Waals surface area contributed by atoms with Crippen molar-refractivity contribution in [2.75, 3.05) is 0 Å². The number of aromatic amines is 1. The molecule has 2 aromatic rings. The van der Waals surface area contributed by atoms with Gasteiger partial charge in [0.05, 0.1) is 17.8 Å². The summed E-state index contributed by atoms with van der Waals surface area (Å²) in [7, 11) is 0. The van der Waals surface area contributed by atoms with E-state index in [4.69, 9.17) is 5.11 Å². The van der Waals surface area contributed by atoms with Gasteiger partial charge in [0.15, 0.2) is 0 Å². The van der Waals surface area contributed by atoms with Gasteiger partial charge in [0.2, 0.25) is 0 Å². The van der Waals surface area contributed by atoms with Gasteiger partial charge in [-0.15, -0.1) is 0 Å². The average molecular weight is 261 g/mol. The smallest absolute Gasteiger partial charge is 0.337 e. The Labute approximate surface area is 107 Å². The van der Waals surface area contributed by atoms with Crippen molar-refractivity contribution in [1.82, 2.24) is 25.5 Å². The lowest BCUT2D eigenvalue weighted by atomic mass is 10.2. The molecule has 98 valence electrons. The third-order valence-corrected chi connectivity index (χ3v) is 2.43. The fourth-order valence-corrected chi connectivity index (χ4v) is 1.48. The second-order valence-corrected chi connectivity index (χ2v) is 3.75. The number of carboxylic acids is 1. The number of carboxylic acid groups (broad SMARTS) is 1. The van der Waals surface area contributed by atoms with Crippen LogP contribution in [0.3, 0.4) is 0 Å². The van der Waals surface area contributed by atoms with E-state index in [0.29, 0.717) is 11.5 Å². The zero-order valence-electron chi connectivity index (χ0n) is 10.0. The number of carbonyl (C=O) groups excluding carboxylic acids is 1. The molecule has 0 radical (unpaired) electrons. The van der Waals surface area contributed by atoms with Crippen LogP contribution in [0.5, 0.6) is 0 Å². The van der Waals surface area contributed by atoms with E-state index in [0.717, 1.165) is 0 Å². The minimum Gasteiger partial charge on any atom is -0.478 e. The summed E-state index contributed by atoms with van der Waals surface area (Å²) in [6, 6.07) is 2.72. The number of amides is 1. The Hall–Kier alpha value is -2.77. The molecule has 8 heteroatoms. The van der Waals surface area contributed by atoms with Gasteiger partial charge < -0.3 is 10.4 Å². The minimum atomic E-state index is -1.07. The number of H-pyrrole nitrogens is 1. The predicted molar refractivity (Wildman–Crippen MR) is 63.5 cm³/mol. The molecule has 0 spiro atoms. The quantitative estimate of drug-likeness (QED) is 0.719. The van der Waals surface area contributed by atoms with E-state index in [-0.39, 0.29) is 17.8 Å². The molecule has 0 saturated heterocycles. The van der Waals surface area contributed by atoms with Gasteiger partial charge in [0.25, 0.3) is 5.91 Å². The summed E-state index contributed by atoms with van der Waals surface area (Å²) in [5, 5.41) is 17.7. The molecule has 0 aliphatic carbocycles. The number of hydrogen-bond acceptors (Lipinski definition) is 5. The Bertz CT molecular complexity index is 609. The van der Waals surface area contributed by atoms with Crippen LogP contribution in [0.15, 0.2) is 18.5 Å². The molecule has 2 heterocycles. The summed E-state index contributed by atoms with van der Waals surface area (Å²) >= 11 is 0. The van der Waals surface area contributed by atoms with Crippen molar-refractivity contribution in [2.45, 2.75) is 13.5 Å². The van der Waals surface area contributed by atoms with Crippen LogP contribution in [-0.4, -0.2) is 37.1 Å². The minimum absolute atomic E-state index is 0.0757. The van der Waals surface area contributed by atoms with Crippen molar-refractivity contribution in [3.05, 3.63) is 41.2 Å². The predicted octanol–water partition coefficient (Wildman–Crippen LogP) is 0.136. The Morgan fingerprint density at radius 2 is 2.21 bits per heavy atom. The maximum atomic E-state index is 11.8. The highest BCUT2D eigenvalue weighted by Gasteiger charge is 2.13. The number of hydrogen-bond donors (Lipinski definition) is 3. The van der Waals surface area contributed by atoms with Crippen LogP contribution in [-0.2, 0) is 6.54 Å². The van der Waals surface area contributed by atoms with Crippen LogP contribution in [0.1, 0.15) is 32.4 Å². The Kier molecular flexibility index (Phi) is 3.51. The number of nitrogens with one attached hydrogen (secondary N) is 2. The van der Waals surface area contributed by atoms with Gasteiger partial charge in [0.1, 0.15) is 17.8 Å². The van der Waals surface area contributed by atoms with Crippen LogP contribution >= 0.6 is 0 Å². The maximum absolute atomic E-state index is 11.8. The van der Waals surface area contributed by atoms with Gasteiger partial charge in [-0.05, 0) is 19.1 Å². The molecular formula is C11H11N5O3. The molecule has 1 amide bonds. The zero-order chi connectivity index (χ0) is 13.8. The van der Waals surface area contributed by atoms with Gasteiger partial charge in [-0.1, -0.05) is 0 Å². The first-order valence-corrected chi connectivity index (χ1v) is 5.41. The first kappa shape index (κ1) is 12.7. The topological polar surface area (TPSA) is 121 Å². The SMILES string of the molecule is Cc1nc(C(=O)NCc2ncn[nH]2)ccc1C(=O)O. The fraction of sp³-hybridized carbons (Fsp3) is 0.182. The van der Waals surface area contributed by atoms with E-state index < -0.39 is 11.9 Å². The number of nitrogens with zero attached hydrogens (tertiary/aromatic N) is 3. The van der Waals surface area contributed by atoms with Gasteiger partial charge in [-0.25, -0.2) is 14.8 Å². The lowest BCUT2D eigenvalue weighted by Gasteiger charge is -2.05. The molecule has 0 aliphatic heterocycles. The molecule has 2 aromatic heterocycles. The third kappa shape index (κ3) is 2.92. The Morgan fingerprint density at radius 3 is 2.79 bits per heavy atom. The lowest BCUT2D eigenvalue weighted by molar-refractivity contribution is 0.0694. The molecule has 0 atom stereocenters. The van der Waals surface area contributed by atoms with Crippen molar-refractivity contribution in [2.24, 2.45) is 0 Å². The molecule has 0 aromatic carbocycles. The number of aryl methyl sites for hydroxylation is 1. The van der Waals surface area contributed by atoms with Crippen LogP contribution in [0.4, 0.5) is 0 Å². The standard InChI is InChI=1S/C11H11N5O3/c1-6-7(11(18)19)2-3-8(15-6)10(17)12-4-9-13-5-14-16-9/h2-3,5H,4H2,1H3,(H,12,17)(H,18,19)(H,13,14,16). The molecule has 3 N–H and O–H groups in total. The molecule has 19 heavy (non-hydrogen) atoms. The summed E-state index contributed by atoms with van der Waals surface area (Å²) in [5.74, 6) is -0.956. The Balaban J connectivity index is 2.07. The monoisotopic (exact) mass is 261 g/mol. The van der Waals surface area contributed by atoms with Gasteiger partial charge in [-0.3, -0.25) is 9.89 Å². The average Bonchev–Trinajstić information content (AvgIpc) is 2.88. The van der Waals surface area contributed by atoms with Crippen molar-refractivity contribution in [3.8, 4) is 0 Å². The largest absolute Gasteiger partial charge is 0.478 e. The molecule has 8 nitrogen and oxygen atoms in total. The number of carbonyl (C=O) groups is 2. The maximum Gasteiger partial charge on any atom is 0.337 e. The lowest BCUT2D eigenvalue weighted by Crippen LogP contribution is -2.25. The molecule has 0 unspecified atom stereocenters. The van der Waals surface area contributed by atoms with Crippen molar-refractivity contribution >= 4 is 11.9 Å². The van der Waals surface area contributed by atoms with E-state index in [1.165, 1.54) is 25.4 Å². The van der Waals surface area contributed by atoms with Crippen LogP contribution in [0, 0.1) is 6.92 Å². The summed E-state index contributed by atoms with van der Waals surface area (Å²) < 4.78 is 0. The number of pyridine rings is 1. The fourth-order valence-electron chi connectivity index (χ4n) is 1.48. The zero-order valence-corrected chi connectivity index (χ0v) is 10.0. The molecule has 0 aliphatic rings. The highest BCUT2D eigenvalue weighted by atomic mass is 16.4. The summed E-state index contributed by atoms with van der Waals surface area (Å²) in [5.41, 5.74) is 0.522. The molecule has 0 saturated carbocycles. The number of rotatable bonds is 4. The van der Waals surface area contributed by atoms with Crippen molar-refractivity contribution in [3.63, 3.8) is 0 Å². The molecule has 0 fully saturated rings. The highest BCUT2D eigenvalue weighted by Crippen LogP contribution is 2.07. The summed E-state index contributed by atoms with van der Waals surface area (Å²) in [6.07, 6.45) is 1.34. The van der Waals surface area contributed by atoms with E-state index in [1.54, 1.807) is 0 Å². The first-order valence-electron chi connectivity index (χ1n) is 5.41. The van der Waals surface area contributed by atoms with Crippen LogP contribution < -0.4 is 5.32 Å². The number of aromatic nitrogens is 4. The summed E-state index contributed by atoms with van der Waals surface area (Å²) in [4.78, 5) is 30.4. The normalized spacial score (nSPS) is 10.2. The van der Waals surface area contributed by atoms with Gasteiger partial charge >= 0.3 is 5.97 Å². The first-order chi connectivity index (χ1) is 9.08. The highest BCUT2D eigenvalue weighted by molar-refractivity contribution is 5.94. The van der Waals surface area contributed by atoms with Gasteiger partial charge in [-0.2, -0.15) is 5.10 Å². The molecule has 0 bridgehead atoms. The van der Waals surface area contributed by atoms with E-state index in [2.05, 4.69) is 25.5 Å². The van der Waals surface area contributed by atoms with E-state index in [1.807, 2.05) is 0 Å². The Morgan fingerprint density at radius 1 is 1.42 bits per heavy atom. The van der Waals surface area contributed by atoms with E-state index in [9.17, 15) is 9.59 Å². The van der Waals surface area contributed by atoms with Crippen molar-refractivity contribution in [1.29, 1.82) is 0 Å². The number of aromatic carboxylic acids is 1. The van der Waals surface area contributed by atoms with Gasteiger partial charge in [0, 0.05) is 0 Å². The van der Waals surface area contributed by atoms with E-state index >= 15 is 0 Å². The molecular weight excluding hydrogens is 250 g/mol. The molecule has 2 rings (SSSR count).